The van der Waals surface area contributed by atoms with Crippen molar-refractivity contribution in [3.05, 3.63) is 22.7 Å². The number of primary amides is 1. The van der Waals surface area contributed by atoms with Crippen LogP contribution in [0.5, 0.6) is 11.5 Å². The molecule has 7 nitrogen and oxygen atoms in total. The van der Waals surface area contributed by atoms with Gasteiger partial charge in [0.1, 0.15) is 0 Å². The summed E-state index contributed by atoms with van der Waals surface area (Å²) in [6, 6.07) is 3.08. The molecule has 0 saturated carbocycles. The summed E-state index contributed by atoms with van der Waals surface area (Å²) in [6.45, 7) is 1.31. The number of nitrogens with one attached hydrogen (secondary N) is 2. The number of amides is 2. The highest BCUT2D eigenvalue weighted by Crippen LogP contribution is 2.36. The highest BCUT2D eigenvalue weighted by molar-refractivity contribution is 6.32. The zero-order valence-electron chi connectivity index (χ0n) is 12.6. The minimum absolute atomic E-state index is 0. The number of ether oxygens (including phenoxy) is 2. The number of carbonyl (C=O) groups is 2. The minimum Gasteiger partial charge on any atom is -0.493 e. The molecule has 1 heterocycles. The number of benzene rings is 1. The summed E-state index contributed by atoms with van der Waals surface area (Å²) in [5, 5.41) is 6.26. The third-order valence-corrected chi connectivity index (χ3v) is 3.53. The van der Waals surface area contributed by atoms with Crippen molar-refractivity contribution in [2.24, 2.45) is 5.73 Å². The summed E-state index contributed by atoms with van der Waals surface area (Å²) in [5.41, 5.74) is 5.39. The number of methoxy groups -OCH3 is 1. The molecular formula is C14H19Cl2N3O4. The molecule has 0 aromatic heterocycles. The molecule has 1 atom stereocenters. The van der Waals surface area contributed by atoms with Crippen LogP contribution < -0.4 is 25.8 Å². The first-order valence-corrected chi connectivity index (χ1v) is 7.19. The molecule has 4 N–H and O–H groups in total. The Bertz CT molecular complexity index is 577. The molecule has 0 aliphatic carbocycles. The van der Waals surface area contributed by atoms with Crippen molar-refractivity contribution >= 4 is 35.8 Å². The fraction of sp³-hybridized carbons (Fsp3) is 0.429. The van der Waals surface area contributed by atoms with Crippen LogP contribution in [0.15, 0.2) is 12.1 Å². The standard InChI is InChI=1S/C14H18ClN3O4.ClH/c1-21-11-5-8(14(20)18-9-2-3-17-6-9)4-10(15)13(11)22-7-12(16)19;/h4-5,9,17H,2-3,6-7H2,1H3,(H2,16,19)(H,18,20);1H. The Morgan fingerprint density at radius 3 is 2.78 bits per heavy atom. The lowest BCUT2D eigenvalue weighted by atomic mass is 10.1. The monoisotopic (exact) mass is 363 g/mol. The molecule has 23 heavy (non-hydrogen) atoms. The predicted octanol–water partition coefficient (Wildman–Crippen LogP) is 0.726. The van der Waals surface area contributed by atoms with E-state index < -0.39 is 5.91 Å². The predicted molar refractivity (Wildman–Crippen MR) is 88.7 cm³/mol. The van der Waals surface area contributed by atoms with Crippen LogP contribution in [0.4, 0.5) is 0 Å². The van der Waals surface area contributed by atoms with Gasteiger partial charge in [0.25, 0.3) is 11.8 Å². The SMILES string of the molecule is COc1cc(C(=O)NC2CCNC2)cc(Cl)c1OCC(N)=O.Cl. The zero-order valence-corrected chi connectivity index (χ0v) is 14.1. The van der Waals surface area contributed by atoms with Crippen molar-refractivity contribution < 1.29 is 19.1 Å². The zero-order chi connectivity index (χ0) is 16.1. The van der Waals surface area contributed by atoms with Gasteiger partial charge in [-0.05, 0) is 25.1 Å². The maximum atomic E-state index is 12.2. The number of hydrogen-bond donors (Lipinski definition) is 3. The van der Waals surface area contributed by atoms with Crippen LogP contribution >= 0.6 is 24.0 Å². The molecule has 2 rings (SSSR count). The van der Waals surface area contributed by atoms with Crippen molar-refractivity contribution in [3.8, 4) is 11.5 Å². The fourth-order valence-corrected chi connectivity index (χ4v) is 2.45. The number of halogens is 2. The van der Waals surface area contributed by atoms with E-state index in [1.807, 2.05) is 0 Å². The Morgan fingerprint density at radius 2 is 2.22 bits per heavy atom. The Balaban J connectivity index is 0.00000264. The van der Waals surface area contributed by atoms with E-state index in [0.29, 0.717) is 5.56 Å². The fourth-order valence-electron chi connectivity index (χ4n) is 2.18. The van der Waals surface area contributed by atoms with Crippen molar-refractivity contribution in [2.45, 2.75) is 12.5 Å². The minimum atomic E-state index is -0.631. The van der Waals surface area contributed by atoms with Crippen LogP contribution in [0.2, 0.25) is 5.02 Å². The van der Waals surface area contributed by atoms with Crippen LogP contribution in [0, 0.1) is 0 Å². The molecular weight excluding hydrogens is 345 g/mol. The largest absolute Gasteiger partial charge is 0.493 e. The van der Waals surface area contributed by atoms with Crippen LogP contribution in [0.3, 0.4) is 0 Å². The van der Waals surface area contributed by atoms with Crippen LogP contribution in [-0.2, 0) is 4.79 Å². The molecule has 128 valence electrons. The van der Waals surface area contributed by atoms with E-state index in [2.05, 4.69) is 10.6 Å². The summed E-state index contributed by atoms with van der Waals surface area (Å²) in [7, 11) is 1.42. The average molecular weight is 364 g/mol. The van der Waals surface area contributed by atoms with E-state index in [4.69, 9.17) is 26.8 Å². The van der Waals surface area contributed by atoms with Gasteiger partial charge in [-0.3, -0.25) is 9.59 Å². The smallest absolute Gasteiger partial charge is 0.255 e. The number of rotatable bonds is 6. The Kier molecular flexibility index (Phi) is 7.41. The van der Waals surface area contributed by atoms with Crippen molar-refractivity contribution in [2.75, 3.05) is 26.8 Å². The first-order valence-electron chi connectivity index (χ1n) is 6.81. The summed E-state index contributed by atoms with van der Waals surface area (Å²) >= 11 is 6.11. The Morgan fingerprint density at radius 1 is 1.48 bits per heavy atom. The van der Waals surface area contributed by atoms with Gasteiger partial charge in [-0.25, -0.2) is 0 Å². The topological polar surface area (TPSA) is 103 Å². The molecule has 0 bridgehead atoms. The van der Waals surface area contributed by atoms with Crippen molar-refractivity contribution in [1.29, 1.82) is 0 Å². The maximum absolute atomic E-state index is 12.2. The average Bonchev–Trinajstić information content (AvgIpc) is 2.97. The van der Waals surface area contributed by atoms with Crippen molar-refractivity contribution in [3.63, 3.8) is 0 Å². The summed E-state index contributed by atoms with van der Waals surface area (Å²) in [5.74, 6) is -0.422. The number of nitrogens with two attached hydrogens (primary N) is 1. The summed E-state index contributed by atoms with van der Waals surface area (Å²) in [4.78, 5) is 23.0. The van der Waals surface area contributed by atoms with Gasteiger partial charge in [-0.1, -0.05) is 11.6 Å². The number of hydrogen-bond acceptors (Lipinski definition) is 5. The molecule has 9 heteroatoms. The van der Waals surface area contributed by atoms with Gasteiger partial charge in [0.15, 0.2) is 18.1 Å². The normalized spacial score (nSPS) is 16.3. The summed E-state index contributed by atoms with van der Waals surface area (Å²) in [6.07, 6.45) is 0.885. The lowest BCUT2D eigenvalue weighted by molar-refractivity contribution is -0.119. The highest BCUT2D eigenvalue weighted by atomic mass is 35.5. The van der Waals surface area contributed by atoms with E-state index in [1.54, 1.807) is 0 Å². The molecule has 1 aliphatic rings. The Labute approximate surface area is 145 Å². The first-order chi connectivity index (χ1) is 10.5. The quantitative estimate of drug-likeness (QED) is 0.691. The Hall–Kier alpha value is -1.70. The van der Waals surface area contributed by atoms with Gasteiger partial charge in [-0.15, -0.1) is 12.4 Å². The number of carbonyl (C=O) groups excluding carboxylic acids is 2. The van der Waals surface area contributed by atoms with Crippen LogP contribution in [0.25, 0.3) is 0 Å². The van der Waals surface area contributed by atoms with Crippen molar-refractivity contribution in [1.82, 2.24) is 10.6 Å². The lowest BCUT2D eigenvalue weighted by Crippen LogP contribution is -2.36. The first kappa shape index (κ1) is 19.3. The maximum Gasteiger partial charge on any atom is 0.255 e. The molecule has 1 aromatic rings. The second kappa shape index (κ2) is 8.81. The molecule has 1 aliphatic heterocycles. The van der Waals surface area contributed by atoms with E-state index in [-0.39, 0.29) is 47.5 Å². The summed E-state index contributed by atoms with van der Waals surface area (Å²) < 4.78 is 10.4. The van der Waals surface area contributed by atoms with E-state index >= 15 is 0 Å². The van der Waals surface area contributed by atoms with Gasteiger partial charge in [-0.2, -0.15) is 0 Å². The van der Waals surface area contributed by atoms with E-state index in [9.17, 15) is 9.59 Å². The molecule has 0 radical (unpaired) electrons. The molecule has 1 aromatic carbocycles. The molecule has 2 amide bonds. The molecule has 0 spiro atoms. The molecule has 1 fully saturated rings. The second-order valence-electron chi connectivity index (χ2n) is 4.91. The van der Waals surface area contributed by atoms with Crippen LogP contribution in [0.1, 0.15) is 16.8 Å². The third-order valence-electron chi connectivity index (χ3n) is 3.25. The highest BCUT2D eigenvalue weighted by Gasteiger charge is 2.20. The second-order valence-corrected chi connectivity index (χ2v) is 5.31. The van der Waals surface area contributed by atoms with Gasteiger partial charge >= 0.3 is 0 Å². The third kappa shape index (κ3) is 5.16. The van der Waals surface area contributed by atoms with E-state index in [0.717, 1.165) is 19.5 Å². The van der Waals surface area contributed by atoms with E-state index in [1.165, 1.54) is 19.2 Å². The van der Waals surface area contributed by atoms with Gasteiger partial charge < -0.3 is 25.8 Å². The van der Waals surface area contributed by atoms with Gasteiger partial charge in [0.05, 0.1) is 12.1 Å². The van der Waals surface area contributed by atoms with Crippen LogP contribution in [-0.4, -0.2) is 44.7 Å². The molecule has 1 unspecified atom stereocenters. The lowest BCUT2D eigenvalue weighted by Gasteiger charge is -2.15. The van der Waals surface area contributed by atoms with Gasteiger partial charge in [0.2, 0.25) is 0 Å². The van der Waals surface area contributed by atoms with Gasteiger partial charge in [0, 0.05) is 18.2 Å². The molecule has 1 saturated heterocycles.